The van der Waals surface area contributed by atoms with Gasteiger partial charge in [0.15, 0.2) is 0 Å². The number of amides is 2. The third kappa shape index (κ3) is 4.72. The maximum atomic E-state index is 12.3. The molecule has 0 bridgehead atoms. The Labute approximate surface area is 180 Å². The van der Waals surface area contributed by atoms with Gasteiger partial charge in [-0.1, -0.05) is 12.1 Å². The lowest BCUT2D eigenvalue weighted by molar-refractivity contribution is -0.122. The number of nitrogens with one attached hydrogen (secondary N) is 2. The molecule has 0 spiro atoms. The lowest BCUT2D eigenvalue weighted by Crippen LogP contribution is -2.36. The maximum Gasteiger partial charge on any atom is 0.405 e. The van der Waals surface area contributed by atoms with E-state index in [4.69, 9.17) is 0 Å². The number of aliphatic hydroxyl groups is 1. The highest BCUT2D eigenvalue weighted by atomic mass is 19.4. The van der Waals surface area contributed by atoms with Gasteiger partial charge in [0, 0.05) is 41.9 Å². The molecule has 2 amide bonds. The van der Waals surface area contributed by atoms with Gasteiger partial charge in [-0.15, -0.1) is 0 Å². The summed E-state index contributed by atoms with van der Waals surface area (Å²) in [4.78, 5) is 20.5. The zero-order chi connectivity index (χ0) is 22.7. The Morgan fingerprint density at radius 2 is 1.94 bits per heavy atom. The number of aliphatic hydroxyl groups excluding tert-OH is 1. The number of fused-ring (bicyclic) bond motifs is 1. The number of benzene rings is 1. The highest BCUT2D eigenvalue weighted by Crippen LogP contribution is 2.26. The van der Waals surface area contributed by atoms with E-state index in [1.807, 2.05) is 33.4 Å². The van der Waals surface area contributed by atoms with Crippen LogP contribution in [0.5, 0.6) is 0 Å². The number of hydrogen-bond acceptors (Lipinski definition) is 4. The standard InChI is InChI=1S/C21H19F3N6O2/c22-21(23,24)13-27-20(32)28-16-3-1-2-14(10-16)17-12-26-18-11-15(4-6-30(17)18)19-25-5-7-29(19)8-9-31/h1-7,10-12,31H,8-9,13H2,(H2,27,28,32). The smallest absolute Gasteiger partial charge is 0.395 e. The monoisotopic (exact) mass is 444 g/mol. The highest BCUT2D eigenvalue weighted by Gasteiger charge is 2.27. The van der Waals surface area contributed by atoms with Crippen LogP contribution in [0.4, 0.5) is 23.7 Å². The SMILES string of the molecule is O=C(NCC(F)(F)F)Nc1cccc(-c2cnc3cc(-c4nccn4CCO)ccn23)c1. The van der Waals surface area contributed by atoms with Crippen molar-refractivity contribution in [3.8, 4) is 22.6 Å². The third-order valence-electron chi connectivity index (χ3n) is 4.69. The predicted molar refractivity (Wildman–Crippen MR) is 112 cm³/mol. The van der Waals surface area contributed by atoms with Crippen molar-refractivity contribution in [3.05, 3.63) is 61.2 Å². The largest absolute Gasteiger partial charge is 0.405 e. The van der Waals surface area contributed by atoms with Gasteiger partial charge in [-0.2, -0.15) is 13.2 Å². The summed E-state index contributed by atoms with van der Waals surface area (Å²) in [5, 5.41) is 13.4. The number of alkyl halides is 3. The lowest BCUT2D eigenvalue weighted by atomic mass is 10.1. The Hall–Kier alpha value is -3.86. The molecule has 32 heavy (non-hydrogen) atoms. The van der Waals surface area contributed by atoms with E-state index in [-0.39, 0.29) is 6.61 Å². The van der Waals surface area contributed by atoms with Crippen LogP contribution in [0.15, 0.2) is 61.2 Å². The first-order valence-electron chi connectivity index (χ1n) is 9.65. The van der Waals surface area contributed by atoms with Crippen LogP contribution in [-0.2, 0) is 6.54 Å². The Bertz CT molecular complexity index is 1250. The highest BCUT2D eigenvalue weighted by molar-refractivity contribution is 5.90. The van der Waals surface area contributed by atoms with Crippen LogP contribution in [0, 0.1) is 0 Å². The Morgan fingerprint density at radius 3 is 2.72 bits per heavy atom. The Kier molecular flexibility index (Phi) is 5.82. The van der Waals surface area contributed by atoms with Gasteiger partial charge in [0.05, 0.1) is 18.5 Å². The van der Waals surface area contributed by atoms with Crippen LogP contribution < -0.4 is 10.6 Å². The zero-order valence-corrected chi connectivity index (χ0v) is 16.7. The number of urea groups is 1. The molecule has 4 aromatic rings. The van der Waals surface area contributed by atoms with Gasteiger partial charge < -0.3 is 20.3 Å². The maximum absolute atomic E-state index is 12.3. The molecular weight excluding hydrogens is 425 g/mol. The molecular formula is C21H19F3N6O2. The number of halogens is 3. The molecule has 0 saturated carbocycles. The molecule has 0 aliphatic rings. The average molecular weight is 444 g/mol. The van der Waals surface area contributed by atoms with Crippen molar-refractivity contribution in [2.24, 2.45) is 0 Å². The van der Waals surface area contributed by atoms with Crippen LogP contribution in [0.25, 0.3) is 28.3 Å². The molecule has 0 unspecified atom stereocenters. The fourth-order valence-electron chi connectivity index (χ4n) is 3.30. The fourth-order valence-corrected chi connectivity index (χ4v) is 3.30. The molecule has 166 valence electrons. The molecule has 4 rings (SSSR count). The molecule has 11 heteroatoms. The second kappa shape index (κ2) is 8.71. The van der Waals surface area contributed by atoms with Crippen molar-refractivity contribution >= 4 is 17.4 Å². The van der Waals surface area contributed by atoms with E-state index in [9.17, 15) is 23.1 Å². The van der Waals surface area contributed by atoms with Crippen LogP contribution in [0.1, 0.15) is 0 Å². The normalized spacial score (nSPS) is 11.6. The quantitative estimate of drug-likeness (QED) is 0.424. The fraction of sp³-hybridized carbons (Fsp3) is 0.190. The molecule has 0 saturated heterocycles. The first-order valence-corrected chi connectivity index (χ1v) is 9.65. The van der Waals surface area contributed by atoms with Crippen LogP contribution in [-0.4, -0.2) is 49.4 Å². The van der Waals surface area contributed by atoms with Crippen molar-refractivity contribution in [3.63, 3.8) is 0 Å². The minimum absolute atomic E-state index is 0.00225. The van der Waals surface area contributed by atoms with Gasteiger partial charge in [0.1, 0.15) is 18.0 Å². The first kappa shape index (κ1) is 21.4. The molecule has 3 aromatic heterocycles. The predicted octanol–water partition coefficient (Wildman–Crippen LogP) is 3.54. The number of rotatable bonds is 6. The van der Waals surface area contributed by atoms with Gasteiger partial charge in [0.2, 0.25) is 0 Å². The molecule has 3 heterocycles. The average Bonchev–Trinajstić information content (AvgIpc) is 3.39. The Balaban J connectivity index is 1.57. The van der Waals surface area contributed by atoms with Gasteiger partial charge in [-0.25, -0.2) is 14.8 Å². The number of anilines is 1. The second-order valence-corrected chi connectivity index (χ2v) is 6.96. The summed E-state index contributed by atoms with van der Waals surface area (Å²) >= 11 is 0. The van der Waals surface area contributed by atoms with E-state index in [1.54, 1.807) is 42.1 Å². The summed E-state index contributed by atoms with van der Waals surface area (Å²) in [5.74, 6) is 0.710. The van der Waals surface area contributed by atoms with Crippen molar-refractivity contribution in [2.75, 3.05) is 18.5 Å². The van der Waals surface area contributed by atoms with E-state index in [1.165, 1.54) is 0 Å². The minimum Gasteiger partial charge on any atom is -0.395 e. The van der Waals surface area contributed by atoms with E-state index < -0.39 is 18.8 Å². The van der Waals surface area contributed by atoms with Gasteiger partial charge in [-0.3, -0.25) is 4.40 Å². The second-order valence-electron chi connectivity index (χ2n) is 6.96. The van der Waals surface area contributed by atoms with Crippen LogP contribution in [0.3, 0.4) is 0 Å². The zero-order valence-electron chi connectivity index (χ0n) is 16.7. The number of nitrogens with zero attached hydrogens (tertiary/aromatic N) is 4. The molecule has 1 aromatic carbocycles. The minimum atomic E-state index is -4.48. The van der Waals surface area contributed by atoms with Crippen LogP contribution in [0.2, 0.25) is 0 Å². The number of carbonyl (C=O) groups excluding carboxylic acids is 1. The van der Waals surface area contributed by atoms with Crippen molar-refractivity contribution in [1.29, 1.82) is 0 Å². The van der Waals surface area contributed by atoms with Crippen molar-refractivity contribution in [2.45, 2.75) is 12.7 Å². The summed E-state index contributed by atoms with van der Waals surface area (Å²) in [5.41, 5.74) is 3.31. The van der Waals surface area contributed by atoms with E-state index in [0.717, 1.165) is 16.8 Å². The molecule has 0 radical (unpaired) electrons. The van der Waals surface area contributed by atoms with E-state index in [0.29, 0.717) is 23.7 Å². The van der Waals surface area contributed by atoms with Gasteiger partial charge in [0.25, 0.3) is 0 Å². The number of aromatic nitrogens is 4. The molecule has 0 fully saturated rings. The van der Waals surface area contributed by atoms with Crippen molar-refractivity contribution in [1.82, 2.24) is 24.3 Å². The summed E-state index contributed by atoms with van der Waals surface area (Å²) in [7, 11) is 0. The van der Waals surface area contributed by atoms with Crippen LogP contribution >= 0.6 is 0 Å². The molecule has 0 aliphatic carbocycles. The topological polar surface area (TPSA) is 96.5 Å². The van der Waals surface area contributed by atoms with E-state index in [2.05, 4.69) is 15.3 Å². The molecule has 3 N–H and O–H groups in total. The first-order chi connectivity index (χ1) is 15.3. The van der Waals surface area contributed by atoms with Gasteiger partial charge >= 0.3 is 12.2 Å². The Morgan fingerprint density at radius 1 is 1.09 bits per heavy atom. The number of hydrogen-bond donors (Lipinski definition) is 3. The molecule has 0 aliphatic heterocycles. The third-order valence-corrected chi connectivity index (χ3v) is 4.69. The number of pyridine rings is 1. The number of carbonyl (C=O) groups is 1. The van der Waals surface area contributed by atoms with Crippen molar-refractivity contribution < 1.29 is 23.1 Å². The summed E-state index contributed by atoms with van der Waals surface area (Å²) < 4.78 is 40.5. The number of imidazole rings is 2. The van der Waals surface area contributed by atoms with Gasteiger partial charge in [-0.05, 0) is 24.3 Å². The summed E-state index contributed by atoms with van der Waals surface area (Å²) in [6, 6.07) is 9.53. The summed E-state index contributed by atoms with van der Waals surface area (Å²) in [6.07, 6.45) is 2.47. The molecule has 8 nitrogen and oxygen atoms in total. The van der Waals surface area contributed by atoms with E-state index >= 15 is 0 Å². The lowest BCUT2D eigenvalue weighted by Gasteiger charge is -2.11. The molecule has 0 atom stereocenters. The summed E-state index contributed by atoms with van der Waals surface area (Å²) in [6.45, 7) is -0.987.